The fourth-order valence-corrected chi connectivity index (χ4v) is 4.19. The quantitative estimate of drug-likeness (QED) is 0.442. The van der Waals surface area contributed by atoms with E-state index in [-0.39, 0.29) is 30.3 Å². The molecule has 3 aromatic carbocycles. The van der Waals surface area contributed by atoms with Crippen LogP contribution < -0.4 is 11.1 Å². The summed E-state index contributed by atoms with van der Waals surface area (Å²) < 4.78 is 19.1. The molecule has 6 nitrogen and oxygen atoms in total. The molecule has 0 saturated heterocycles. The normalized spacial score (nSPS) is 14.4. The smallest absolute Gasteiger partial charge is 0.407 e. The number of benzene rings is 3. The summed E-state index contributed by atoms with van der Waals surface area (Å²) >= 11 is 0. The van der Waals surface area contributed by atoms with E-state index in [1.54, 1.807) is 6.92 Å². The van der Waals surface area contributed by atoms with Crippen molar-refractivity contribution >= 4 is 11.8 Å². The number of carbonyl (C=O) groups is 1. The summed E-state index contributed by atoms with van der Waals surface area (Å²) in [6, 6.07) is 18.3. The maximum atomic E-state index is 13.6. The van der Waals surface area contributed by atoms with Gasteiger partial charge in [-0.25, -0.2) is 9.18 Å². The van der Waals surface area contributed by atoms with Gasteiger partial charge in [0.1, 0.15) is 24.6 Å². The molecule has 4 rings (SSSR count). The van der Waals surface area contributed by atoms with Crippen LogP contribution in [0.25, 0.3) is 11.1 Å². The van der Waals surface area contributed by atoms with E-state index in [0.717, 1.165) is 34.4 Å². The summed E-state index contributed by atoms with van der Waals surface area (Å²) in [4.78, 5) is 12.3. The predicted octanol–water partition coefficient (Wildman–Crippen LogP) is 3.65. The first-order valence-electron chi connectivity index (χ1n) is 10.4. The van der Waals surface area contributed by atoms with Crippen LogP contribution in [0.15, 0.2) is 60.7 Å². The van der Waals surface area contributed by atoms with Crippen molar-refractivity contribution in [1.29, 1.82) is 0 Å². The number of nitrogens with two attached hydrogens (primary N) is 1. The van der Waals surface area contributed by atoms with Crippen LogP contribution >= 0.6 is 0 Å². The Balaban J connectivity index is 1.36. The summed E-state index contributed by atoms with van der Waals surface area (Å²) in [5.74, 6) is -0.694. The highest BCUT2D eigenvalue weighted by atomic mass is 19.1. The second-order valence-electron chi connectivity index (χ2n) is 7.93. The highest BCUT2D eigenvalue weighted by Crippen LogP contribution is 2.44. The zero-order chi connectivity index (χ0) is 22.8. The minimum absolute atomic E-state index is 0.0819. The molecule has 0 spiro atoms. The monoisotopic (exact) mass is 436 g/mol. The van der Waals surface area contributed by atoms with E-state index >= 15 is 0 Å². The first-order valence-corrected chi connectivity index (χ1v) is 10.4. The van der Waals surface area contributed by atoms with Crippen molar-refractivity contribution < 1.29 is 24.1 Å². The van der Waals surface area contributed by atoms with Gasteiger partial charge in [-0.1, -0.05) is 48.5 Å². The van der Waals surface area contributed by atoms with Gasteiger partial charge >= 0.3 is 6.09 Å². The largest absolute Gasteiger partial charge is 0.449 e. The molecule has 3 aromatic rings. The first kappa shape index (κ1) is 21.8. The molecule has 1 aliphatic rings. The Kier molecular flexibility index (Phi) is 6.12. The minimum atomic E-state index is -1.41. The van der Waals surface area contributed by atoms with Crippen LogP contribution in [0.2, 0.25) is 0 Å². The predicted molar refractivity (Wildman–Crippen MR) is 120 cm³/mol. The van der Waals surface area contributed by atoms with E-state index in [1.165, 1.54) is 0 Å². The third kappa shape index (κ3) is 4.17. The first-order chi connectivity index (χ1) is 15.4. The number of halogens is 1. The van der Waals surface area contributed by atoms with Crippen LogP contribution in [-0.4, -0.2) is 35.6 Å². The van der Waals surface area contributed by atoms with E-state index in [4.69, 9.17) is 10.5 Å². The second-order valence-corrected chi connectivity index (χ2v) is 7.93. The second kappa shape index (κ2) is 8.98. The number of hydrogen-bond donors (Lipinski definition) is 4. The van der Waals surface area contributed by atoms with Gasteiger partial charge in [-0.05, 0) is 52.4 Å². The summed E-state index contributed by atoms with van der Waals surface area (Å²) in [7, 11) is 0. The van der Waals surface area contributed by atoms with E-state index in [9.17, 15) is 19.4 Å². The minimum Gasteiger partial charge on any atom is -0.449 e. The number of carbonyl (C=O) groups excluding carboxylic acids is 1. The maximum absolute atomic E-state index is 13.6. The topological polar surface area (TPSA) is 105 Å². The molecule has 0 radical (unpaired) electrons. The molecule has 7 heteroatoms. The maximum Gasteiger partial charge on any atom is 0.407 e. The van der Waals surface area contributed by atoms with E-state index < -0.39 is 24.1 Å². The summed E-state index contributed by atoms with van der Waals surface area (Å²) in [5.41, 5.74) is 11.0. The van der Waals surface area contributed by atoms with Crippen molar-refractivity contribution in [3.63, 3.8) is 0 Å². The fourth-order valence-electron chi connectivity index (χ4n) is 4.19. The lowest BCUT2D eigenvalue weighted by molar-refractivity contribution is 0.0181. The van der Waals surface area contributed by atoms with Gasteiger partial charge in [0.2, 0.25) is 0 Å². The Morgan fingerprint density at radius 2 is 1.69 bits per heavy atom. The molecule has 0 bridgehead atoms. The average molecular weight is 436 g/mol. The lowest BCUT2D eigenvalue weighted by Crippen LogP contribution is -2.36. The number of aliphatic hydroxyl groups is 2. The number of ether oxygens (including phenoxy) is 1. The molecule has 32 heavy (non-hydrogen) atoms. The molecule has 166 valence electrons. The molecular weight excluding hydrogens is 411 g/mol. The number of anilines is 1. The number of fused-ring (bicyclic) bond motifs is 3. The number of hydrogen-bond acceptors (Lipinski definition) is 5. The van der Waals surface area contributed by atoms with Crippen molar-refractivity contribution in [3.05, 3.63) is 88.7 Å². The van der Waals surface area contributed by atoms with Gasteiger partial charge in [0.25, 0.3) is 0 Å². The number of amides is 1. The zero-order valence-electron chi connectivity index (χ0n) is 17.6. The average Bonchev–Trinajstić information content (AvgIpc) is 3.11. The Bertz CT molecular complexity index is 1110. The SMILES string of the molecule is Cc1c(N)cc(F)cc1C(O)C(O)CNC(=O)OCC1c2ccccc2-c2ccccc21. The van der Waals surface area contributed by atoms with Crippen molar-refractivity contribution in [2.45, 2.75) is 25.0 Å². The fraction of sp³-hybridized carbons (Fsp3) is 0.240. The van der Waals surface area contributed by atoms with Gasteiger partial charge in [-0.2, -0.15) is 0 Å². The van der Waals surface area contributed by atoms with Gasteiger partial charge in [-0.15, -0.1) is 0 Å². The van der Waals surface area contributed by atoms with Crippen LogP contribution in [0.5, 0.6) is 0 Å². The molecule has 2 unspecified atom stereocenters. The number of alkyl carbamates (subject to hydrolysis) is 1. The number of aliphatic hydroxyl groups excluding tert-OH is 2. The molecule has 5 N–H and O–H groups in total. The molecule has 0 fully saturated rings. The van der Waals surface area contributed by atoms with E-state index in [1.807, 2.05) is 48.5 Å². The number of nitrogen functional groups attached to an aromatic ring is 1. The molecule has 0 saturated carbocycles. The molecule has 0 aliphatic heterocycles. The van der Waals surface area contributed by atoms with E-state index in [0.29, 0.717) is 5.56 Å². The van der Waals surface area contributed by atoms with Crippen molar-refractivity contribution in [3.8, 4) is 11.1 Å². The summed E-state index contributed by atoms with van der Waals surface area (Å²) in [6.07, 6.45) is -3.49. The molecule has 1 aliphatic carbocycles. The van der Waals surface area contributed by atoms with Gasteiger partial charge in [0.05, 0.1) is 0 Å². The zero-order valence-corrected chi connectivity index (χ0v) is 17.6. The van der Waals surface area contributed by atoms with Crippen LogP contribution in [0, 0.1) is 12.7 Å². The Morgan fingerprint density at radius 1 is 1.09 bits per heavy atom. The van der Waals surface area contributed by atoms with Gasteiger partial charge in [0, 0.05) is 18.2 Å². The highest BCUT2D eigenvalue weighted by molar-refractivity contribution is 5.79. The summed E-state index contributed by atoms with van der Waals surface area (Å²) in [6.45, 7) is 1.49. The van der Waals surface area contributed by atoms with Gasteiger partial charge in [0.15, 0.2) is 0 Å². The Hall–Kier alpha value is -3.42. The molecule has 1 amide bonds. The number of nitrogens with one attached hydrogen (secondary N) is 1. The lowest BCUT2D eigenvalue weighted by atomic mass is 9.98. The van der Waals surface area contributed by atoms with Crippen LogP contribution in [0.1, 0.15) is 34.3 Å². The Labute approximate surface area is 185 Å². The summed E-state index contributed by atoms with van der Waals surface area (Å²) in [5, 5.41) is 23.1. The lowest BCUT2D eigenvalue weighted by Gasteiger charge is -2.21. The standard InChI is InChI=1S/C25H25FN2O4/c1-14-20(10-15(26)11-22(14)27)24(30)23(29)12-28-25(31)32-13-21-18-8-4-2-6-16(18)17-7-3-5-9-19(17)21/h2-11,21,23-24,29-30H,12-13,27H2,1H3,(H,28,31). The molecule has 0 aromatic heterocycles. The third-order valence-electron chi connectivity index (χ3n) is 5.94. The Morgan fingerprint density at radius 3 is 2.31 bits per heavy atom. The molecule has 2 atom stereocenters. The van der Waals surface area contributed by atoms with Crippen LogP contribution in [0.3, 0.4) is 0 Å². The van der Waals surface area contributed by atoms with Gasteiger partial charge < -0.3 is 26.0 Å². The van der Waals surface area contributed by atoms with Crippen molar-refractivity contribution in [1.82, 2.24) is 5.32 Å². The van der Waals surface area contributed by atoms with E-state index in [2.05, 4.69) is 5.32 Å². The van der Waals surface area contributed by atoms with Crippen molar-refractivity contribution in [2.75, 3.05) is 18.9 Å². The van der Waals surface area contributed by atoms with Crippen LogP contribution in [0.4, 0.5) is 14.9 Å². The van der Waals surface area contributed by atoms with Gasteiger partial charge in [-0.3, -0.25) is 0 Å². The third-order valence-corrected chi connectivity index (χ3v) is 5.94. The number of rotatable bonds is 6. The molecule has 0 heterocycles. The molecular formula is C25H25FN2O4. The van der Waals surface area contributed by atoms with Crippen molar-refractivity contribution in [2.24, 2.45) is 0 Å². The van der Waals surface area contributed by atoms with Crippen LogP contribution in [-0.2, 0) is 4.74 Å². The highest BCUT2D eigenvalue weighted by Gasteiger charge is 2.29.